The van der Waals surface area contributed by atoms with Crippen LogP contribution in [0, 0.1) is 0 Å². The fourth-order valence-electron chi connectivity index (χ4n) is 1.48. The van der Waals surface area contributed by atoms with Gasteiger partial charge >= 0.3 is 0 Å². The topological polar surface area (TPSA) is 15.8 Å². The van der Waals surface area contributed by atoms with Gasteiger partial charge in [-0.15, -0.1) is 11.3 Å². The van der Waals surface area contributed by atoms with Gasteiger partial charge in [0.2, 0.25) is 0 Å². The normalized spacial score (nSPS) is 12.6. The molecule has 0 atom stereocenters. The molecule has 1 nitrogen and oxygen atoms in total. The number of hydrogen-bond donors (Lipinski definition) is 1. The molecule has 2 rings (SSSR count). The maximum Gasteiger partial charge on any atom is 0.0520 e. The molecule has 0 aliphatic heterocycles. The molecule has 0 amide bonds. The zero-order valence-electron chi connectivity index (χ0n) is 7.64. The number of aromatic amines is 1. The summed E-state index contributed by atoms with van der Waals surface area (Å²) in [5.41, 5.74) is 1.57. The number of fused-ring (bicyclic) bond motifs is 1. The van der Waals surface area contributed by atoms with Crippen LogP contribution in [0.5, 0.6) is 0 Å². The first kappa shape index (κ1) is 7.87. The Morgan fingerprint density at radius 2 is 2.08 bits per heavy atom. The number of nitrogens with one attached hydrogen (secondary N) is 1. The van der Waals surface area contributed by atoms with Crippen molar-refractivity contribution in [2.24, 2.45) is 0 Å². The van der Waals surface area contributed by atoms with Crippen molar-refractivity contribution < 1.29 is 0 Å². The molecule has 1 N–H and O–H groups in total. The van der Waals surface area contributed by atoms with Crippen molar-refractivity contribution in [3.8, 4) is 0 Å². The van der Waals surface area contributed by atoms with Crippen molar-refractivity contribution in [1.82, 2.24) is 4.98 Å². The molecule has 2 aromatic heterocycles. The fourth-order valence-corrected chi connectivity index (χ4v) is 2.25. The maximum absolute atomic E-state index is 3.34. The molecule has 2 heterocycles. The summed E-state index contributed by atoms with van der Waals surface area (Å²) >= 11 is 1.79. The van der Waals surface area contributed by atoms with Gasteiger partial charge in [0.1, 0.15) is 0 Å². The molecule has 2 aromatic rings. The quantitative estimate of drug-likeness (QED) is 0.637. The van der Waals surface area contributed by atoms with E-state index in [0.717, 1.165) is 0 Å². The van der Waals surface area contributed by atoms with E-state index < -0.39 is 0 Å². The first-order chi connectivity index (χ1) is 5.59. The third kappa shape index (κ3) is 1.07. The fraction of sp³-hybridized carbons (Fsp3) is 0.400. The molecule has 0 spiro atoms. The van der Waals surface area contributed by atoms with E-state index in [-0.39, 0.29) is 5.41 Å². The predicted octanol–water partition coefficient (Wildman–Crippen LogP) is 3.53. The van der Waals surface area contributed by atoms with Crippen LogP contribution in [0.15, 0.2) is 17.6 Å². The highest BCUT2D eigenvalue weighted by molar-refractivity contribution is 7.17. The van der Waals surface area contributed by atoms with Crippen molar-refractivity contribution in [2.45, 2.75) is 26.2 Å². The SMILES string of the molecule is CC(C)(C)c1[nH]cc2sccc12. The Hall–Kier alpha value is -0.760. The zero-order valence-corrected chi connectivity index (χ0v) is 8.46. The number of rotatable bonds is 0. The standard InChI is InChI=1S/C10H13NS/c1-10(2,3)9-7-4-5-12-8(7)6-11-9/h4-6,11H,1-3H3. The lowest BCUT2D eigenvalue weighted by Gasteiger charge is -2.16. The Bertz CT molecular complexity index is 389. The summed E-state index contributed by atoms with van der Waals surface area (Å²) in [6, 6.07) is 2.19. The lowest BCUT2D eigenvalue weighted by Crippen LogP contribution is -2.11. The van der Waals surface area contributed by atoms with Crippen LogP contribution in [-0.2, 0) is 5.41 Å². The summed E-state index contributed by atoms with van der Waals surface area (Å²) in [5.74, 6) is 0. The van der Waals surface area contributed by atoms with Crippen molar-refractivity contribution in [1.29, 1.82) is 0 Å². The third-order valence-corrected chi connectivity index (χ3v) is 2.93. The number of aromatic nitrogens is 1. The van der Waals surface area contributed by atoms with Crippen LogP contribution in [0.2, 0.25) is 0 Å². The minimum Gasteiger partial charge on any atom is -0.363 e. The lowest BCUT2D eigenvalue weighted by molar-refractivity contribution is 0.578. The van der Waals surface area contributed by atoms with Gasteiger partial charge in [-0.3, -0.25) is 0 Å². The lowest BCUT2D eigenvalue weighted by atomic mass is 9.91. The van der Waals surface area contributed by atoms with Gasteiger partial charge in [-0.05, 0) is 11.4 Å². The van der Waals surface area contributed by atoms with Gasteiger partial charge in [0, 0.05) is 22.7 Å². The van der Waals surface area contributed by atoms with Gasteiger partial charge in [-0.25, -0.2) is 0 Å². The molecule has 0 saturated carbocycles. The first-order valence-electron chi connectivity index (χ1n) is 4.14. The van der Waals surface area contributed by atoms with Crippen LogP contribution < -0.4 is 0 Å². The molecular weight excluding hydrogens is 166 g/mol. The molecule has 0 aliphatic carbocycles. The van der Waals surface area contributed by atoms with Crippen LogP contribution in [0.25, 0.3) is 10.1 Å². The molecule has 64 valence electrons. The Labute approximate surface area is 76.4 Å². The molecule has 0 radical (unpaired) electrons. The second-order valence-corrected chi connectivity index (χ2v) is 5.06. The molecule has 0 fully saturated rings. The average molecular weight is 179 g/mol. The van der Waals surface area contributed by atoms with Gasteiger partial charge in [0.15, 0.2) is 0 Å². The molecule has 0 aliphatic rings. The summed E-state index contributed by atoms with van der Waals surface area (Å²) < 4.78 is 1.36. The largest absolute Gasteiger partial charge is 0.363 e. The summed E-state index contributed by atoms with van der Waals surface area (Å²) in [7, 11) is 0. The number of thiophene rings is 1. The summed E-state index contributed by atoms with van der Waals surface area (Å²) in [6.45, 7) is 6.70. The second kappa shape index (κ2) is 2.36. The van der Waals surface area contributed by atoms with Crippen LogP contribution in [0.1, 0.15) is 26.5 Å². The molecule has 2 heteroatoms. The van der Waals surface area contributed by atoms with E-state index in [2.05, 4.69) is 43.4 Å². The highest BCUT2D eigenvalue weighted by Crippen LogP contribution is 2.31. The van der Waals surface area contributed by atoms with E-state index in [9.17, 15) is 0 Å². The van der Waals surface area contributed by atoms with Gasteiger partial charge < -0.3 is 4.98 Å². The van der Waals surface area contributed by atoms with Crippen molar-refractivity contribution in [3.63, 3.8) is 0 Å². The Morgan fingerprint density at radius 1 is 1.33 bits per heavy atom. The Balaban J connectivity index is 2.69. The average Bonchev–Trinajstić information content (AvgIpc) is 2.37. The number of H-pyrrole nitrogens is 1. The van der Waals surface area contributed by atoms with Gasteiger partial charge in [0.25, 0.3) is 0 Å². The molecule has 0 unspecified atom stereocenters. The summed E-state index contributed by atoms with van der Waals surface area (Å²) in [6.07, 6.45) is 2.10. The molecule has 0 aromatic carbocycles. The Kier molecular flexibility index (Phi) is 1.55. The third-order valence-electron chi connectivity index (χ3n) is 2.06. The highest BCUT2D eigenvalue weighted by atomic mass is 32.1. The summed E-state index contributed by atoms with van der Waals surface area (Å²) in [4.78, 5) is 3.34. The van der Waals surface area contributed by atoms with E-state index in [0.29, 0.717) is 0 Å². The molecule has 0 saturated heterocycles. The van der Waals surface area contributed by atoms with Crippen LogP contribution in [0.3, 0.4) is 0 Å². The van der Waals surface area contributed by atoms with E-state index in [1.54, 1.807) is 11.3 Å². The van der Waals surface area contributed by atoms with E-state index in [1.165, 1.54) is 15.8 Å². The monoisotopic (exact) mass is 179 g/mol. The van der Waals surface area contributed by atoms with Crippen molar-refractivity contribution in [2.75, 3.05) is 0 Å². The van der Waals surface area contributed by atoms with E-state index >= 15 is 0 Å². The van der Waals surface area contributed by atoms with Gasteiger partial charge in [-0.1, -0.05) is 20.8 Å². The highest BCUT2D eigenvalue weighted by Gasteiger charge is 2.18. The molecule has 0 bridgehead atoms. The molecular formula is C10H13NS. The molecule has 12 heavy (non-hydrogen) atoms. The van der Waals surface area contributed by atoms with Gasteiger partial charge in [0.05, 0.1) is 4.70 Å². The van der Waals surface area contributed by atoms with E-state index in [1.807, 2.05) is 0 Å². The second-order valence-electron chi connectivity index (χ2n) is 4.11. The maximum atomic E-state index is 3.34. The zero-order chi connectivity index (χ0) is 8.77. The summed E-state index contributed by atoms with van der Waals surface area (Å²) in [5, 5.41) is 3.53. The van der Waals surface area contributed by atoms with Crippen molar-refractivity contribution in [3.05, 3.63) is 23.3 Å². The first-order valence-corrected chi connectivity index (χ1v) is 5.02. The van der Waals surface area contributed by atoms with Crippen LogP contribution >= 0.6 is 11.3 Å². The van der Waals surface area contributed by atoms with Gasteiger partial charge in [-0.2, -0.15) is 0 Å². The smallest absolute Gasteiger partial charge is 0.0520 e. The van der Waals surface area contributed by atoms with Crippen molar-refractivity contribution >= 4 is 21.4 Å². The van der Waals surface area contributed by atoms with Crippen LogP contribution in [-0.4, -0.2) is 4.98 Å². The minimum atomic E-state index is 0.225. The number of hydrogen-bond acceptors (Lipinski definition) is 1. The Morgan fingerprint density at radius 3 is 2.75 bits per heavy atom. The van der Waals surface area contributed by atoms with Crippen LogP contribution in [0.4, 0.5) is 0 Å². The minimum absolute atomic E-state index is 0.225. The van der Waals surface area contributed by atoms with E-state index in [4.69, 9.17) is 0 Å². The predicted molar refractivity (Wildman–Crippen MR) is 54.9 cm³/mol.